The molecule has 1 aliphatic carbocycles. The molecular weight excluding hydrogens is 254 g/mol. The normalized spacial score (nSPS) is 24.1. The number of aryl methyl sites for hydroxylation is 1. The van der Waals surface area contributed by atoms with Crippen LogP contribution in [-0.4, -0.2) is 29.9 Å². The molecule has 0 amide bonds. The summed E-state index contributed by atoms with van der Waals surface area (Å²) in [5.74, 6) is 0.594. The fourth-order valence-corrected chi connectivity index (χ4v) is 3.45. The fourth-order valence-electron chi connectivity index (χ4n) is 2.23. The molecular formula is C11H15N3O3S. The minimum absolute atomic E-state index is 0.0257. The Morgan fingerprint density at radius 2 is 1.89 bits per heavy atom. The molecule has 0 aromatic carbocycles. The van der Waals surface area contributed by atoms with Crippen LogP contribution in [0.1, 0.15) is 29.9 Å². The molecule has 1 fully saturated rings. The molecule has 1 aromatic heterocycles. The van der Waals surface area contributed by atoms with Crippen LogP contribution in [0.3, 0.4) is 0 Å². The number of H-pyrrole nitrogens is 1. The second-order valence-electron chi connectivity index (χ2n) is 5.15. The number of fused-ring (bicyclic) bond motifs is 1. The molecule has 0 unspecified atom stereocenters. The van der Waals surface area contributed by atoms with Crippen molar-refractivity contribution < 1.29 is 8.42 Å². The molecule has 2 heterocycles. The average molecular weight is 269 g/mol. The number of nitrogens with zero attached hydrogens (tertiary/aromatic N) is 1. The van der Waals surface area contributed by atoms with E-state index in [0.29, 0.717) is 23.5 Å². The zero-order chi connectivity index (χ0) is 13.0. The van der Waals surface area contributed by atoms with Crippen LogP contribution in [0.25, 0.3) is 0 Å². The molecule has 98 valence electrons. The average Bonchev–Trinajstić information content (AvgIpc) is 3.05. The highest BCUT2D eigenvalue weighted by molar-refractivity contribution is 7.91. The van der Waals surface area contributed by atoms with Crippen LogP contribution < -0.4 is 11.3 Å². The first-order valence-corrected chi connectivity index (χ1v) is 7.84. The third kappa shape index (κ3) is 1.97. The number of hydrogen-bond acceptors (Lipinski definition) is 5. The van der Waals surface area contributed by atoms with E-state index < -0.39 is 15.4 Å². The standard InChI is InChI=1S/C11H15N3O3S/c12-11(3-4-11)10-13-8-2-6-18(16,17)5-1-7(8)9(15)14-10/h1-6,12H2,(H,13,14,15). The Hall–Kier alpha value is -1.21. The van der Waals surface area contributed by atoms with E-state index in [4.69, 9.17) is 5.73 Å². The fraction of sp³-hybridized carbons (Fsp3) is 0.636. The van der Waals surface area contributed by atoms with E-state index >= 15 is 0 Å². The molecule has 3 N–H and O–H groups in total. The van der Waals surface area contributed by atoms with Crippen LogP contribution in [0, 0.1) is 0 Å². The molecule has 0 bridgehead atoms. The van der Waals surface area contributed by atoms with Gasteiger partial charge < -0.3 is 10.7 Å². The number of aromatic amines is 1. The number of nitrogens with one attached hydrogen (secondary N) is 1. The largest absolute Gasteiger partial charge is 0.319 e. The lowest BCUT2D eigenvalue weighted by atomic mass is 10.1. The van der Waals surface area contributed by atoms with Crippen molar-refractivity contribution in [3.05, 3.63) is 27.4 Å². The quantitative estimate of drug-likeness (QED) is 0.696. The van der Waals surface area contributed by atoms with Crippen LogP contribution in [0.2, 0.25) is 0 Å². The molecule has 1 aliphatic heterocycles. The van der Waals surface area contributed by atoms with Crippen molar-refractivity contribution in [2.75, 3.05) is 11.5 Å². The minimum Gasteiger partial charge on any atom is -0.319 e. The summed E-state index contributed by atoms with van der Waals surface area (Å²) in [5, 5.41) is 0. The number of hydrogen-bond donors (Lipinski definition) is 2. The molecule has 1 aromatic rings. The number of nitrogens with two attached hydrogens (primary N) is 1. The van der Waals surface area contributed by atoms with Crippen molar-refractivity contribution in [1.82, 2.24) is 9.97 Å². The highest BCUT2D eigenvalue weighted by Crippen LogP contribution is 2.40. The zero-order valence-electron chi connectivity index (χ0n) is 9.90. The van der Waals surface area contributed by atoms with Gasteiger partial charge in [-0.3, -0.25) is 4.79 Å². The van der Waals surface area contributed by atoms with E-state index in [0.717, 1.165) is 12.8 Å². The summed E-state index contributed by atoms with van der Waals surface area (Å²) in [5.41, 5.74) is 6.39. The highest BCUT2D eigenvalue weighted by Gasteiger charge is 2.43. The van der Waals surface area contributed by atoms with Crippen molar-refractivity contribution in [3.8, 4) is 0 Å². The third-order valence-electron chi connectivity index (χ3n) is 3.67. The predicted octanol–water partition coefficient (Wildman–Crippen LogP) is -0.769. The third-order valence-corrected chi connectivity index (χ3v) is 5.33. The van der Waals surface area contributed by atoms with Gasteiger partial charge in [0.1, 0.15) is 5.82 Å². The lowest BCUT2D eigenvalue weighted by molar-refractivity contribution is 0.596. The smallest absolute Gasteiger partial charge is 0.254 e. The van der Waals surface area contributed by atoms with Crippen LogP contribution >= 0.6 is 0 Å². The Kier molecular flexibility index (Phi) is 2.40. The van der Waals surface area contributed by atoms with Crippen molar-refractivity contribution in [2.45, 2.75) is 31.2 Å². The number of aromatic nitrogens is 2. The van der Waals surface area contributed by atoms with Gasteiger partial charge >= 0.3 is 0 Å². The lowest BCUT2D eigenvalue weighted by Crippen LogP contribution is -2.29. The van der Waals surface area contributed by atoms with Crippen LogP contribution in [0.5, 0.6) is 0 Å². The Bertz CT molecular complexity index is 659. The molecule has 0 saturated heterocycles. The lowest BCUT2D eigenvalue weighted by Gasteiger charge is -2.11. The minimum atomic E-state index is -3.06. The summed E-state index contributed by atoms with van der Waals surface area (Å²) in [6.45, 7) is 0. The SMILES string of the molecule is NC1(c2nc3c(c(=O)[nH]2)CCS(=O)(=O)CC3)CC1. The predicted molar refractivity (Wildman–Crippen MR) is 66.0 cm³/mol. The van der Waals surface area contributed by atoms with E-state index in [1.807, 2.05) is 0 Å². The Balaban J connectivity index is 2.08. The van der Waals surface area contributed by atoms with Gasteiger partial charge in [0.25, 0.3) is 5.56 Å². The van der Waals surface area contributed by atoms with Gasteiger partial charge in [0.05, 0.1) is 22.7 Å². The van der Waals surface area contributed by atoms with Gasteiger partial charge in [-0.15, -0.1) is 0 Å². The molecule has 3 rings (SSSR count). The van der Waals surface area contributed by atoms with Gasteiger partial charge in [-0.05, 0) is 19.3 Å². The van der Waals surface area contributed by atoms with Gasteiger partial charge in [-0.25, -0.2) is 13.4 Å². The van der Waals surface area contributed by atoms with E-state index in [2.05, 4.69) is 9.97 Å². The maximum atomic E-state index is 12.0. The first-order valence-electron chi connectivity index (χ1n) is 6.01. The number of rotatable bonds is 1. The molecule has 18 heavy (non-hydrogen) atoms. The summed E-state index contributed by atoms with van der Waals surface area (Å²) in [4.78, 5) is 19.1. The summed E-state index contributed by atoms with van der Waals surface area (Å²) >= 11 is 0. The Labute approximate surface area is 105 Å². The van der Waals surface area contributed by atoms with E-state index in [9.17, 15) is 13.2 Å². The Morgan fingerprint density at radius 1 is 1.22 bits per heavy atom. The summed E-state index contributed by atoms with van der Waals surface area (Å²) in [6.07, 6.45) is 2.18. The molecule has 7 heteroatoms. The van der Waals surface area contributed by atoms with E-state index in [1.54, 1.807) is 0 Å². The molecule has 0 spiro atoms. The second kappa shape index (κ2) is 3.64. The van der Waals surface area contributed by atoms with Crippen molar-refractivity contribution in [2.24, 2.45) is 5.73 Å². The molecule has 0 atom stereocenters. The zero-order valence-corrected chi connectivity index (χ0v) is 10.7. The van der Waals surface area contributed by atoms with E-state index in [1.165, 1.54) is 0 Å². The van der Waals surface area contributed by atoms with Gasteiger partial charge in [0.15, 0.2) is 9.84 Å². The van der Waals surface area contributed by atoms with Gasteiger partial charge in [0, 0.05) is 12.0 Å². The molecule has 0 radical (unpaired) electrons. The summed E-state index contributed by atoms with van der Waals surface area (Å²) in [7, 11) is -3.06. The van der Waals surface area contributed by atoms with Crippen molar-refractivity contribution in [3.63, 3.8) is 0 Å². The molecule has 2 aliphatic rings. The second-order valence-corrected chi connectivity index (χ2v) is 7.45. The molecule has 6 nitrogen and oxygen atoms in total. The summed E-state index contributed by atoms with van der Waals surface area (Å²) in [6, 6.07) is 0. The summed E-state index contributed by atoms with van der Waals surface area (Å²) < 4.78 is 23.2. The first kappa shape index (κ1) is 11.9. The van der Waals surface area contributed by atoms with Crippen molar-refractivity contribution in [1.29, 1.82) is 0 Å². The van der Waals surface area contributed by atoms with Gasteiger partial charge in [-0.2, -0.15) is 0 Å². The highest BCUT2D eigenvalue weighted by atomic mass is 32.2. The van der Waals surface area contributed by atoms with Crippen LogP contribution in [0.15, 0.2) is 4.79 Å². The molecule has 1 saturated carbocycles. The van der Waals surface area contributed by atoms with Gasteiger partial charge in [-0.1, -0.05) is 0 Å². The van der Waals surface area contributed by atoms with Crippen LogP contribution in [-0.2, 0) is 28.2 Å². The van der Waals surface area contributed by atoms with E-state index in [-0.39, 0.29) is 23.5 Å². The van der Waals surface area contributed by atoms with Gasteiger partial charge in [0.2, 0.25) is 0 Å². The maximum absolute atomic E-state index is 12.0. The topological polar surface area (TPSA) is 106 Å². The maximum Gasteiger partial charge on any atom is 0.254 e. The van der Waals surface area contributed by atoms with Crippen LogP contribution in [0.4, 0.5) is 0 Å². The van der Waals surface area contributed by atoms with Crippen molar-refractivity contribution >= 4 is 9.84 Å². The number of sulfone groups is 1. The monoisotopic (exact) mass is 269 g/mol. The Morgan fingerprint density at radius 3 is 2.56 bits per heavy atom. The first-order chi connectivity index (χ1) is 8.40.